The Morgan fingerprint density at radius 1 is 0.935 bits per heavy atom. The van der Waals surface area contributed by atoms with Crippen molar-refractivity contribution in [2.45, 2.75) is 18.8 Å². The van der Waals surface area contributed by atoms with Crippen LogP contribution in [0, 0.1) is 0 Å². The number of imidazole rings is 1. The second kappa shape index (κ2) is 7.93. The second-order valence-corrected chi connectivity index (χ2v) is 6.55. The fourth-order valence-corrected chi connectivity index (χ4v) is 2.83. The van der Waals surface area contributed by atoms with Crippen LogP contribution in [0.4, 0.5) is 26.3 Å². The summed E-state index contributed by atoms with van der Waals surface area (Å²) in [5.74, 6) is -1.77. The fraction of sp³-hybridized carbons (Fsp3) is 0.211. The summed E-state index contributed by atoms with van der Waals surface area (Å²) in [6.45, 7) is 0. The number of fused-ring (bicyclic) bond motifs is 1. The van der Waals surface area contributed by atoms with Crippen molar-refractivity contribution in [2.75, 3.05) is 0 Å². The standard InChI is InChI=1S/C19H14F6N4O2/c1-29-14-5-3-2-4-13(14)26-15(29)9-16(30)27-28-17(31)10-6-11(18(20,21)22)8-12(7-10)19(23,24)25/h2-8H,9H2,1H3,(H,27,30)(H,28,31). The molecule has 0 aliphatic heterocycles. The van der Waals surface area contributed by atoms with Crippen LogP contribution in [-0.4, -0.2) is 21.4 Å². The largest absolute Gasteiger partial charge is 0.416 e. The average molecular weight is 444 g/mol. The number of carbonyl (C=O) groups excluding carboxylic acids is 2. The van der Waals surface area contributed by atoms with Crippen molar-refractivity contribution in [2.24, 2.45) is 7.05 Å². The number of amides is 2. The first-order chi connectivity index (χ1) is 14.4. The number of hydrogen-bond acceptors (Lipinski definition) is 3. The molecule has 0 aliphatic rings. The van der Waals surface area contributed by atoms with Gasteiger partial charge < -0.3 is 4.57 Å². The van der Waals surface area contributed by atoms with E-state index >= 15 is 0 Å². The number of nitrogens with one attached hydrogen (secondary N) is 2. The molecule has 0 aliphatic carbocycles. The molecule has 0 bridgehead atoms. The summed E-state index contributed by atoms with van der Waals surface area (Å²) in [7, 11) is 1.66. The number of halogens is 6. The number of benzene rings is 2. The number of hydrogen-bond donors (Lipinski definition) is 2. The number of aromatic nitrogens is 2. The van der Waals surface area contributed by atoms with Gasteiger partial charge in [0, 0.05) is 12.6 Å². The molecule has 12 heteroatoms. The smallest absolute Gasteiger partial charge is 0.331 e. The molecule has 1 aromatic heterocycles. The molecular weight excluding hydrogens is 430 g/mol. The van der Waals surface area contributed by atoms with Crippen molar-refractivity contribution in [3.8, 4) is 0 Å². The highest BCUT2D eigenvalue weighted by atomic mass is 19.4. The molecule has 3 aromatic rings. The van der Waals surface area contributed by atoms with Gasteiger partial charge in [-0.1, -0.05) is 12.1 Å². The SMILES string of the molecule is Cn1c(CC(=O)NNC(=O)c2cc(C(F)(F)F)cc(C(F)(F)F)c2)nc2ccccc21. The average Bonchev–Trinajstić information content (AvgIpc) is 3.00. The molecule has 2 N–H and O–H groups in total. The number of nitrogens with zero attached hydrogens (tertiary/aromatic N) is 2. The molecule has 164 valence electrons. The van der Waals surface area contributed by atoms with E-state index in [1.807, 2.05) is 10.9 Å². The van der Waals surface area contributed by atoms with Gasteiger partial charge in [0.25, 0.3) is 5.91 Å². The number of hydrazine groups is 1. The van der Waals surface area contributed by atoms with Gasteiger partial charge in [0.2, 0.25) is 5.91 Å². The van der Waals surface area contributed by atoms with Gasteiger partial charge in [-0.25, -0.2) is 4.98 Å². The maximum absolute atomic E-state index is 12.9. The van der Waals surface area contributed by atoms with Crippen molar-refractivity contribution >= 4 is 22.8 Å². The van der Waals surface area contributed by atoms with E-state index in [0.717, 1.165) is 5.52 Å². The van der Waals surface area contributed by atoms with Crippen LogP contribution in [0.1, 0.15) is 27.3 Å². The van der Waals surface area contributed by atoms with Gasteiger partial charge >= 0.3 is 12.4 Å². The number of alkyl halides is 6. The van der Waals surface area contributed by atoms with E-state index in [-0.39, 0.29) is 24.6 Å². The van der Waals surface area contributed by atoms with E-state index in [4.69, 9.17) is 0 Å². The predicted octanol–water partition coefficient (Wildman–Crippen LogP) is 3.61. The monoisotopic (exact) mass is 444 g/mol. The zero-order valence-corrected chi connectivity index (χ0v) is 15.7. The summed E-state index contributed by atoms with van der Waals surface area (Å²) < 4.78 is 79.1. The molecule has 0 atom stereocenters. The number of carbonyl (C=O) groups is 2. The minimum Gasteiger partial charge on any atom is -0.331 e. The van der Waals surface area contributed by atoms with Crippen LogP contribution in [0.2, 0.25) is 0 Å². The van der Waals surface area contributed by atoms with Gasteiger partial charge in [0.15, 0.2) is 0 Å². The Kier molecular flexibility index (Phi) is 5.66. The molecule has 1 heterocycles. The van der Waals surface area contributed by atoms with E-state index in [9.17, 15) is 35.9 Å². The van der Waals surface area contributed by atoms with Crippen LogP contribution in [0.15, 0.2) is 42.5 Å². The number of aryl methyl sites for hydroxylation is 1. The van der Waals surface area contributed by atoms with E-state index < -0.39 is 40.9 Å². The lowest BCUT2D eigenvalue weighted by Crippen LogP contribution is -2.42. The first-order valence-electron chi connectivity index (χ1n) is 8.65. The Morgan fingerprint density at radius 3 is 2.06 bits per heavy atom. The van der Waals surface area contributed by atoms with E-state index in [1.54, 1.807) is 35.9 Å². The Morgan fingerprint density at radius 2 is 1.52 bits per heavy atom. The van der Waals surface area contributed by atoms with Crippen LogP contribution in [0.3, 0.4) is 0 Å². The van der Waals surface area contributed by atoms with Gasteiger partial charge in [-0.15, -0.1) is 0 Å². The van der Waals surface area contributed by atoms with Gasteiger partial charge in [0.05, 0.1) is 28.6 Å². The van der Waals surface area contributed by atoms with Gasteiger partial charge in [-0.3, -0.25) is 20.4 Å². The van der Waals surface area contributed by atoms with Crippen molar-refractivity contribution in [3.63, 3.8) is 0 Å². The molecule has 0 unspecified atom stereocenters. The summed E-state index contributed by atoms with van der Waals surface area (Å²) >= 11 is 0. The Hall–Kier alpha value is -3.57. The summed E-state index contributed by atoms with van der Waals surface area (Å²) in [5.41, 5.74) is 0.964. The third-order valence-corrected chi connectivity index (χ3v) is 4.36. The quantitative estimate of drug-likeness (QED) is 0.479. The number of para-hydroxylation sites is 2. The molecule has 31 heavy (non-hydrogen) atoms. The van der Waals surface area contributed by atoms with Crippen LogP contribution < -0.4 is 10.9 Å². The molecule has 0 radical (unpaired) electrons. The van der Waals surface area contributed by atoms with Crippen LogP contribution in [-0.2, 0) is 30.6 Å². The summed E-state index contributed by atoms with van der Waals surface area (Å²) in [5, 5.41) is 0. The highest BCUT2D eigenvalue weighted by Gasteiger charge is 2.37. The first kappa shape index (κ1) is 22.1. The summed E-state index contributed by atoms with van der Waals surface area (Å²) in [4.78, 5) is 28.4. The maximum atomic E-state index is 12.9. The second-order valence-electron chi connectivity index (χ2n) is 6.55. The minimum absolute atomic E-state index is 0.0961. The highest BCUT2D eigenvalue weighted by molar-refractivity contribution is 5.96. The summed E-state index contributed by atoms with van der Waals surface area (Å²) in [6, 6.07) is 7.47. The molecule has 0 saturated carbocycles. The molecule has 0 fully saturated rings. The molecule has 2 amide bonds. The zero-order valence-electron chi connectivity index (χ0n) is 15.7. The van der Waals surface area contributed by atoms with Crippen molar-refractivity contribution in [1.29, 1.82) is 0 Å². The third kappa shape index (κ3) is 4.95. The van der Waals surface area contributed by atoms with Gasteiger partial charge in [0.1, 0.15) is 5.82 Å². The topological polar surface area (TPSA) is 76.0 Å². The Labute approximate surface area is 170 Å². The van der Waals surface area contributed by atoms with E-state index in [0.29, 0.717) is 11.3 Å². The highest BCUT2D eigenvalue weighted by Crippen LogP contribution is 2.36. The van der Waals surface area contributed by atoms with Crippen molar-refractivity contribution in [1.82, 2.24) is 20.4 Å². The van der Waals surface area contributed by atoms with E-state index in [1.165, 1.54) is 0 Å². The Balaban J connectivity index is 1.73. The zero-order chi connectivity index (χ0) is 23.0. The van der Waals surface area contributed by atoms with Crippen molar-refractivity contribution in [3.05, 3.63) is 65.0 Å². The van der Waals surface area contributed by atoms with Crippen LogP contribution >= 0.6 is 0 Å². The van der Waals surface area contributed by atoms with E-state index in [2.05, 4.69) is 4.98 Å². The molecule has 6 nitrogen and oxygen atoms in total. The lowest BCUT2D eigenvalue weighted by atomic mass is 10.0. The maximum Gasteiger partial charge on any atom is 0.416 e. The Bertz CT molecular complexity index is 1120. The lowest BCUT2D eigenvalue weighted by Gasteiger charge is -2.14. The normalized spacial score (nSPS) is 12.1. The predicted molar refractivity (Wildman–Crippen MR) is 96.5 cm³/mol. The molecular formula is C19H14F6N4O2. The van der Waals surface area contributed by atoms with Gasteiger partial charge in [-0.05, 0) is 30.3 Å². The molecule has 2 aromatic carbocycles. The third-order valence-electron chi connectivity index (χ3n) is 4.36. The fourth-order valence-electron chi connectivity index (χ4n) is 2.83. The molecule has 3 rings (SSSR count). The van der Waals surface area contributed by atoms with Crippen LogP contribution in [0.25, 0.3) is 11.0 Å². The summed E-state index contributed by atoms with van der Waals surface area (Å²) in [6.07, 6.45) is -10.5. The molecule has 0 saturated heterocycles. The number of rotatable bonds is 3. The minimum atomic E-state index is -5.10. The first-order valence-corrected chi connectivity index (χ1v) is 8.65. The van der Waals surface area contributed by atoms with Crippen molar-refractivity contribution < 1.29 is 35.9 Å². The van der Waals surface area contributed by atoms with Gasteiger partial charge in [-0.2, -0.15) is 26.3 Å². The van der Waals surface area contributed by atoms with Crippen LogP contribution in [0.5, 0.6) is 0 Å². The lowest BCUT2D eigenvalue weighted by molar-refractivity contribution is -0.143. The molecule has 0 spiro atoms.